The van der Waals surface area contributed by atoms with Crippen molar-refractivity contribution in [2.24, 2.45) is 0 Å². The Morgan fingerprint density at radius 3 is 2.64 bits per heavy atom. The number of fused-ring (bicyclic) bond motifs is 1. The number of methoxy groups -OCH3 is 1. The SMILES string of the molecule is COc1ccc2c(c1)c(C(=O)c1ccc(-c3ccncn3)o1)c(C)n2Cc1ccc(Cl)cc1. The molecule has 0 bridgehead atoms. The molecule has 164 valence electrons. The Labute approximate surface area is 195 Å². The molecule has 7 heteroatoms. The fourth-order valence-electron chi connectivity index (χ4n) is 4.01. The lowest BCUT2D eigenvalue weighted by Gasteiger charge is -2.09. The molecule has 0 radical (unpaired) electrons. The molecule has 6 nitrogen and oxygen atoms in total. The van der Waals surface area contributed by atoms with Crippen LogP contribution in [0, 0.1) is 6.92 Å². The van der Waals surface area contributed by atoms with Crippen LogP contribution in [0.4, 0.5) is 0 Å². The molecule has 0 unspecified atom stereocenters. The third-order valence-corrected chi connectivity index (χ3v) is 5.93. The molecule has 3 aromatic heterocycles. The second-order valence-corrected chi connectivity index (χ2v) is 8.08. The number of ketones is 1. The van der Waals surface area contributed by atoms with Crippen molar-refractivity contribution >= 4 is 28.3 Å². The van der Waals surface area contributed by atoms with Crippen molar-refractivity contribution in [3.63, 3.8) is 0 Å². The predicted molar refractivity (Wildman–Crippen MR) is 127 cm³/mol. The maximum atomic E-state index is 13.6. The van der Waals surface area contributed by atoms with Gasteiger partial charge in [-0.25, -0.2) is 9.97 Å². The lowest BCUT2D eigenvalue weighted by Crippen LogP contribution is -2.05. The second kappa shape index (κ2) is 8.56. The first-order valence-corrected chi connectivity index (χ1v) is 10.7. The molecule has 2 aromatic carbocycles. The zero-order chi connectivity index (χ0) is 22.9. The topological polar surface area (TPSA) is 70.2 Å². The van der Waals surface area contributed by atoms with Gasteiger partial charge in [-0.15, -0.1) is 0 Å². The summed E-state index contributed by atoms with van der Waals surface area (Å²) < 4.78 is 13.4. The fraction of sp³-hybridized carbons (Fsp3) is 0.115. The molecule has 0 atom stereocenters. The Morgan fingerprint density at radius 2 is 1.91 bits per heavy atom. The molecular weight excluding hydrogens is 438 g/mol. The van der Waals surface area contributed by atoms with Crippen molar-refractivity contribution in [2.75, 3.05) is 7.11 Å². The summed E-state index contributed by atoms with van der Waals surface area (Å²) in [5.41, 5.74) is 4.07. The standard InChI is InChI=1S/C26H20ClN3O3/c1-16-25(26(31)24-10-9-23(33-24)21-11-12-28-15-29-21)20-13-19(32-2)7-8-22(20)30(16)14-17-3-5-18(27)6-4-17/h3-13,15H,14H2,1-2H3. The average Bonchev–Trinajstić information content (AvgIpc) is 3.44. The van der Waals surface area contributed by atoms with Gasteiger partial charge < -0.3 is 13.7 Å². The highest BCUT2D eigenvalue weighted by Crippen LogP contribution is 2.33. The number of halogens is 1. The van der Waals surface area contributed by atoms with Crippen LogP contribution in [-0.4, -0.2) is 27.4 Å². The summed E-state index contributed by atoms with van der Waals surface area (Å²) in [5, 5.41) is 1.50. The lowest BCUT2D eigenvalue weighted by atomic mass is 10.0. The smallest absolute Gasteiger partial charge is 0.230 e. The number of hydrogen-bond donors (Lipinski definition) is 0. The van der Waals surface area contributed by atoms with Crippen molar-refractivity contribution in [1.29, 1.82) is 0 Å². The monoisotopic (exact) mass is 457 g/mol. The van der Waals surface area contributed by atoms with E-state index >= 15 is 0 Å². The molecule has 0 fully saturated rings. The van der Waals surface area contributed by atoms with E-state index < -0.39 is 0 Å². The first kappa shape index (κ1) is 21.0. The molecule has 0 aliphatic carbocycles. The number of furan rings is 1. The first-order chi connectivity index (χ1) is 16.0. The summed E-state index contributed by atoms with van der Waals surface area (Å²) in [6, 6.07) is 18.6. The van der Waals surface area contributed by atoms with E-state index in [0.717, 1.165) is 22.2 Å². The molecule has 0 spiro atoms. The van der Waals surface area contributed by atoms with E-state index in [9.17, 15) is 4.79 Å². The molecule has 33 heavy (non-hydrogen) atoms. The van der Waals surface area contributed by atoms with Crippen LogP contribution in [0.1, 0.15) is 27.4 Å². The molecule has 0 aliphatic heterocycles. The summed E-state index contributed by atoms with van der Waals surface area (Å²) >= 11 is 6.05. The van der Waals surface area contributed by atoms with E-state index in [1.165, 1.54) is 6.33 Å². The van der Waals surface area contributed by atoms with Crippen molar-refractivity contribution in [3.8, 4) is 17.2 Å². The quantitative estimate of drug-likeness (QED) is 0.295. The van der Waals surface area contributed by atoms with E-state index in [1.54, 1.807) is 31.5 Å². The number of carbonyl (C=O) groups excluding carboxylic acids is 1. The summed E-state index contributed by atoms with van der Waals surface area (Å²) in [5.74, 6) is 1.25. The van der Waals surface area contributed by atoms with Gasteiger partial charge in [-0.05, 0) is 61.0 Å². The van der Waals surface area contributed by atoms with Crippen LogP contribution in [0.25, 0.3) is 22.4 Å². The molecule has 0 amide bonds. The Kier molecular flexibility index (Phi) is 5.44. The van der Waals surface area contributed by atoms with Gasteiger partial charge in [-0.2, -0.15) is 0 Å². The van der Waals surface area contributed by atoms with Crippen LogP contribution in [0.2, 0.25) is 5.02 Å². The molecule has 5 aromatic rings. The van der Waals surface area contributed by atoms with Crippen LogP contribution in [0.15, 0.2) is 77.6 Å². The molecule has 0 saturated carbocycles. The van der Waals surface area contributed by atoms with Gasteiger partial charge in [0.25, 0.3) is 0 Å². The number of hydrogen-bond acceptors (Lipinski definition) is 5. The molecule has 0 saturated heterocycles. The summed E-state index contributed by atoms with van der Waals surface area (Å²) in [6.07, 6.45) is 3.08. The Bertz CT molecular complexity index is 1450. The normalized spacial score (nSPS) is 11.1. The summed E-state index contributed by atoms with van der Waals surface area (Å²) in [7, 11) is 1.61. The largest absolute Gasteiger partial charge is 0.497 e. The minimum atomic E-state index is -0.194. The minimum Gasteiger partial charge on any atom is -0.497 e. The number of aromatic nitrogens is 3. The second-order valence-electron chi connectivity index (χ2n) is 7.64. The number of nitrogens with zero attached hydrogens (tertiary/aromatic N) is 3. The zero-order valence-corrected chi connectivity index (χ0v) is 18.8. The van der Waals surface area contributed by atoms with Gasteiger partial charge in [0.15, 0.2) is 11.5 Å². The summed E-state index contributed by atoms with van der Waals surface area (Å²) in [4.78, 5) is 21.8. The highest BCUT2D eigenvalue weighted by molar-refractivity contribution is 6.30. The van der Waals surface area contributed by atoms with Crippen LogP contribution in [0.3, 0.4) is 0 Å². The van der Waals surface area contributed by atoms with Gasteiger partial charge in [0.2, 0.25) is 5.78 Å². The number of rotatable bonds is 6. The molecule has 3 heterocycles. The van der Waals surface area contributed by atoms with Crippen LogP contribution in [-0.2, 0) is 6.54 Å². The number of benzene rings is 2. The third-order valence-electron chi connectivity index (χ3n) is 5.68. The predicted octanol–water partition coefficient (Wildman–Crippen LogP) is 5.94. The maximum Gasteiger partial charge on any atom is 0.230 e. The Morgan fingerprint density at radius 1 is 1.09 bits per heavy atom. The van der Waals surface area contributed by atoms with Crippen LogP contribution >= 0.6 is 11.6 Å². The van der Waals surface area contributed by atoms with Crippen molar-refractivity contribution in [2.45, 2.75) is 13.5 Å². The fourth-order valence-corrected chi connectivity index (χ4v) is 4.13. The molecule has 0 aliphatic rings. The number of ether oxygens (including phenoxy) is 1. The van der Waals surface area contributed by atoms with Gasteiger partial charge in [0, 0.05) is 34.4 Å². The zero-order valence-electron chi connectivity index (χ0n) is 18.1. The van der Waals surface area contributed by atoms with Crippen LogP contribution in [0.5, 0.6) is 5.75 Å². The number of carbonyl (C=O) groups is 1. The van der Waals surface area contributed by atoms with Gasteiger partial charge >= 0.3 is 0 Å². The van der Waals surface area contributed by atoms with Crippen molar-refractivity contribution in [3.05, 3.63) is 101 Å². The first-order valence-electron chi connectivity index (χ1n) is 10.4. The highest BCUT2D eigenvalue weighted by atomic mass is 35.5. The van der Waals surface area contributed by atoms with E-state index in [-0.39, 0.29) is 11.5 Å². The Hall–Kier alpha value is -3.90. The molecular formula is C26H20ClN3O3. The lowest BCUT2D eigenvalue weighted by molar-refractivity contribution is 0.101. The maximum absolute atomic E-state index is 13.6. The van der Waals surface area contributed by atoms with Crippen LogP contribution < -0.4 is 4.74 Å². The van der Waals surface area contributed by atoms with Crippen molar-refractivity contribution in [1.82, 2.24) is 14.5 Å². The summed E-state index contributed by atoms with van der Waals surface area (Å²) in [6.45, 7) is 2.55. The highest BCUT2D eigenvalue weighted by Gasteiger charge is 2.24. The van der Waals surface area contributed by atoms with E-state index in [2.05, 4.69) is 14.5 Å². The van der Waals surface area contributed by atoms with Crippen molar-refractivity contribution < 1.29 is 13.9 Å². The van der Waals surface area contributed by atoms with Gasteiger partial charge in [0.05, 0.1) is 12.7 Å². The Balaban J connectivity index is 1.61. The van der Waals surface area contributed by atoms with E-state index in [0.29, 0.717) is 34.3 Å². The molecule has 0 N–H and O–H groups in total. The molecule has 5 rings (SSSR count). The minimum absolute atomic E-state index is 0.194. The third kappa shape index (κ3) is 3.90. The van der Waals surface area contributed by atoms with Gasteiger partial charge in [-0.3, -0.25) is 4.79 Å². The van der Waals surface area contributed by atoms with Gasteiger partial charge in [-0.1, -0.05) is 23.7 Å². The van der Waals surface area contributed by atoms with Gasteiger partial charge in [0.1, 0.15) is 17.8 Å². The van der Waals surface area contributed by atoms with E-state index in [1.807, 2.05) is 49.4 Å². The van der Waals surface area contributed by atoms with E-state index in [4.69, 9.17) is 20.8 Å². The average molecular weight is 458 g/mol.